The van der Waals surface area contributed by atoms with Gasteiger partial charge in [-0.3, -0.25) is 4.90 Å². The first kappa shape index (κ1) is 25.8. The molecule has 2 aliphatic rings. The Hall–Kier alpha value is -4.45. The molecule has 0 N–H and O–H groups in total. The zero-order valence-corrected chi connectivity index (χ0v) is 22.9. The Labute approximate surface area is 233 Å². The number of pyridine rings is 2. The highest BCUT2D eigenvalue weighted by atomic mass is 32.2. The summed E-state index contributed by atoms with van der Waals surface area (Å²) in [7, 11) is -3.19. The van der Waals surface area contributed by atoms with Crippen molar-refractivity contribution in [1.82, 2.24) is 19.5 Å². The van der Waals surface area contributed by atoms with Gasteiger partial charge in [-0.2, -0.15) is 15.6 Å². The van der Waals surface area contributed by atoms with Crippen molar-refractivity contribution in [2.24, 2.45) is 5.92 Å². The van der Waals surface area contributed by atoms with Gasteiger partial charge in [0.2, 0.25) is 0 Å². The van der Waals surface area contributed by atoms with Gasteiger partial charge in [-0.25, -0.2) is 17.9 Å². The van der Waals surface area contributed by atoms with Crippen LogP contribution in [0.3, 0.4) is 0 Å². The number of nitriles is 2. The van der Waals surface area contributed by atoms with Crippen molar-refractivity contribution in [2.45, 2.75) is 11.4 Å². The van der Waals surface area contributed by atoms with Crippen LogP contribution in [0.15, 0.2) is 66.0 Å². The molecule has 40 heavy (non-hydrogen) atoms. The number of fused-ring (bicyclic) bond motifs is 1. The van der Waals surface area contributed by atoms with E-state index in [2.05, 4.69) is 38.0 Å². The van der Waals surface area contributed by atoms with E-state index in [1.165, 1.54) is 6.26 Å². The second-order valence-electron chi connectivity index (χ2n) is 10.4. The van der Waals surface area contributed by atoms with Gasteiger partial charge in [-0.05, 0) is 35.9 Å². The summed E-state index contributed by atoms with van der Waals surface area (Å²) in [5.74, 6) is 0.940. The zero-order valence-electron chi connectivity index (χ0n) is 22.1. The van der Waals surface area contributed by atoms with Gasteiger partial charge < -0.3 is 9.80 Å². The van der Waals surface area contributed by atoms with Crippen molar-refractivity contribution in [1.29, 1.82) is 10.5 Å². The fourth-order valence-corrected chi connectivity index (χ4v) is 5.95. The summed E-state index contributed by atoms with van der Waals surface area (Å²) in [5, 5.41) is 23.2. The van der Waals surface area contributed by atoms with Crippen LogP contribution in [0.1, 0.15) is 11.1 Å². The minimum absolute atomic E-state index is 0.0354. The molecule has 202 valence electrons. The number of hydrogen-bond acceptors (Lipinski definition) is 9. The molecule has 0 saturated carbocycles. The average molecular weight is 553 g/mol. The monoisotopic (exact) mass is 552 g/mol. The number of nitrogens with zero attached hydrogens (tertiary/aromatic N) is 8. The lowest BCUT2D eigenvalue weighted by atomic mass is 9.99. The number of anilines is 2. The van der Waals surface area contributed by atoms with E-state index < -0.39 is 9.84 Å². The second-order valence-corrected chi connectivity index (χ2v) is 12.4. The molecule has 11 heteroatoms. The van der Waals surface area contributed by atoms with Gasteiger partial charge in [-0.15, -0.1) is 0 Å². The molecular weight excluding hydrogens is 524 g/mol. The summed E-state index contributed by atoms with van der Waals surface area (Å²) < 4.78 is 25.2. The molecule has 3 aromatic heterocycles. The SMILES string of the molecule is CS(=O)(=O)c1ccc(CN2CCN(c3ccc(-c4cc(N5CC(C#N)C5)cn5ncc(C#N)c45)cn3)CC2)cc1. The maximum Gasteiger partial charge on any atom is 0.175 e. The van der Waals surface area contributed by atoms with Crippen molar-refractivity contribution < 1.29 is 8.42 Å². The first-order valence-corrected chi connectivity index (χ1v) is 15.0. The summed E-state index contributed by atoms with van der Waals surface area (Å²) in [6, 6.07) is 17.8. The molecule has 0 atom stereocenters. The molecule has 0 unspecified atom stereocenters. The molecule has 2 aliphatic heterocycles. The van der Waals surface area contributed by atoms with E-state index in [4.69, 9.17) is 4.98 Å². The fourth-order valence-electron chi connectivity index (χ4n) is 5.32. The number of benzene rings is 1. The van der Waals surface area contributed by atoms with Crippen molar-refractivity contribution in [2.75, 3.05) is 55.3 Å². The highest BCUT2D eigenvalue weighted by molar-refractivity contribution is 7.90. The maximum absolute atomic E-state index is 11.7. The summed E-state index contributed by atoms with van der Waals surface area (Å²) in [6.45, 7) is 5.57. The molecule has 6 rings (SSSR count). The molecule has 0 spiro atoms. The normalized spacial score (nSPS) is 16.5. The van der Waals surface area contributed by atoms with E-state index in [9.17, 15) is 18.9 Å². The number of aromatic nitrogens is 3. The van der Waals surface area contributed by atoms with Crippen molar-refractivity contribution in [3.8, 4) is 23.3 Å². The predicted molar refractivity (Wildman–Crippen MR) is 151 cm³/mol. The standard InChI is InChI=1S/C29H28N8O2S/c1-40(38,39)26-5-2-21(3-6-26)17-34-8-10-35(11-9-34)28-7-4-23(15-32-28)27-12-25(36-18-22(13-30)19-36)20-37-29(27)24(14-31)16-33-37/h2-7,12,15-16,20,22H,8-11,17-19H2,1H3. The summed E-state index contributed by atoms with van der Waals surface area (Å²) in [6.07, 6.45) is 6.57. The summed E-state index contributed by atoms with van der Waals surface area (Å²) >= 11 is 0. The van der Waals surface area contributed by atoms with Crippen LogP contribution >= 0.6 is 0 Å². The summed E-state index contributed by atoms with van der Waals surface area (Å²) in [5.41, 5.74) is 5.10. The third-order valence-electron chi connectivity index (χ3n) is 7.66. The topological polar surface area (TPSA) is 122 Å². The fraction of sp³-hybridized carbons (Fsp3) is 0.310. The Morgan fingerprint density at radius 1 is 0.975 bits per heavy atom. The zero-order chi connectivity index (χ0) is 27.9. The van der Waals surface area contributed by atoms with Crippen molar-refractivity contribution in [3.63, 3.8) is 0 Å². The highest BCUT2D eigenvalue weighted by Gasteiger charge is 2.28. The molecule has 2 fully saturated rings. The van der Waals surface area contributed by atoms with E-state index in [1.54, 1.807) is 22.8 Å². The van der Waals surface area contributed by atoms with Crippen LogP contribution in [0, 0.1) is 28.6 Å². The van der Waals surface area contributed by atoms with Crippen LogP contribution < -0.4 is 9.80 Å². The smallest absolute Gasteiger partial charge is 0.175 e. The van der Waals surface area contributed by atoms with E-state index in [0.29, 0.717) is 23.5 Å². The van der Waals surface area contributed by atoms with Crippen LogP contribution in [-0.4, -0.2) is 73.4 Å². The van der Waals surface area contributed by atoms with Crippen molar-refractivity contribution >= 4 is 26.9 Å². The Balaban J connectivity index is 1.16. The van der Waals surface area contributed by atoms with Crippen LogP contribution in [0.2, 0.25) is 0 Å². The van der Waals surface area contributed by atoms with E-state index in [0.717, 1.165) is 66.4 Å². The lowest BCUT2D eigenvalue weighted by molar-refractivity contribution is 0.249. The maximum atomic E-state index is 11.7. The Kier molecular flexibility index (Phi) is 6.62. The van der Waals surface area contributed by atoms with E-state index in [-0.39, 0.29) is 5.92 Å². The minimum atomic E-state index is -3.19. The van der Waals surface area contributed by atoms with Crippen LogP contribution in [0.5, 0.6) is 0 Å². The predicted octanol–water partition coefficient (Wildman–Crippen LogP) is 2.95. The van der Waals surface area contributed by atoms with Crippen LogP contribution in [-0.2, 0) is 16.4 Å². The van der Waals surface area contributed by atoms with Gasteiger partial charge in [0.25, 0.3) is 0 Å². The Morgan fingerprint density at radius 2 is 1.73 bits per heavy atom. The average Bonchev–Trinajstić information content (AvgIpc) is 3.36. The van der Waals surface area contributed by atoms with Gasteiger partial charge in [-0.1, -0.05) is 12.1 Å². The van der Waals surface area contributed by atoms with Gasteiger partial charge >= 0.3 is 0 Å². The first-order chi connectivity index (χ1) is 19.3. The third kappa shape index (κ3) is 4.97. The van der Waals surface area contributed by atoms with Gasteiger partial charge in [0.15, 0.2) is 9.84 Å². The highest BCUT2D eigenvalue weighted by Crippen LogP contribution is 2.34. The second kappa shape index (κ2) is 10.3. The molecule has 0 radical (unpaired) electrons. The van der Waals surface area contributed by atoms with Crippen LogP contribution in [0.25, 0.3) is 16.6 Å². The minimum Gasteiger partial charge on any atom is -0.367 e. The van der Waals surface area contributed by atoms with Gasteiger partial charge in [0, 0.05) is 69.4 Å². The Morgan fingerprint density at radius 3 is 2.35 bits per heavy atom. The molecule has 2 saturated heterocycles. The Bertz CT molecular complexity index is 1740. The largest absolute Gasteiger partial charge is 0.367 e. The summed E-state index contributed by atoms with van der Waals surface area (Å²) in [4.78, 5) is 11.9. The number of rotatable bonds is 6. The lowest BCUT2D eigenvalue weighted by Crippen LogP contribution is -2.46. The molecule has 1 aromatic carbocycles. The number of hydrogen-bond donors (Lipinski definition) is 0. The molecule has 4 aromatic rings. The molecule has 0 aliphatic carbocycles. The first-order valence-electron chi connectivity index (χ1n) is 13.1. The van der Waals surface area contributed by atoms with Gasteiger partial charge in [0.05, 0.1) is 46.0 Å². The quantitative estimate of drug-likeness (QED) is 0.355. The molecule has 0 amide bonds. The molecule has 5 heterocycles. The molecular formula is C29H28N8O2S. The van der Waals surface area contributed by atoms with E-state index >= 15 is 0 Å². The third-order valence-corrected chi connectivity index (χ3v) is 8.79. The number of sulfone groups is 1. The van der Waals surface area contributed by atoms with Gasteiger partial charge in [0.1, 0.15) is 11.9 Å². The van der Waals surface area contributed by atoms with E-state index in [1.807, 2.05) is 36.7 Å². The molecule has 0 bridgehead atoms. The number of piperazine rings is 1. The van der Waals surface area contributed by atoms with Crippen molar-refractivity contribution in [3.05, 3.63) is 72.2 Å². The molecule has 10 nitrogen and oxygen atoms in total. The lowest BCUT2D eigenvalue weighted by Gasteiger charge is -2.37. The van der Waals surface area contributed by atoms with Crippen LogP contribution in [0.4, 0.5) is 11.5 Å².